The van der Waals surface area contributed by atoms with E-state index in [1.165, 1.54) is 4.90 Å². The van der Waals surface area contributed by atoms with Crippen LogP contribution < -0.4 is 5.32 Å². The van der Waals surface area contributed by atoms with Crippen molar-refractivity contribution in [2.45, 2.75) is 51.9 Å². The van der Waals surface area contributed by atoms with Gasteiger partial charge < -0.3 is 19.7 Å². The second kappa shape index (κ2) is 8.69. The molecule has 1 saturated heterocycles. The second-order valence-corrected chi connectivity index (χ2v) is 7.19. The van der Waals surface area contributed by atoms with Crippen LogP contribution >= 0.6 is 0 Å². The Hall–Kier alpha value is -2.57. The number of esters is 1. The lowest BCUT2D eigenvalue weighted by atomic mass is 10.2. The van der Waals surface area contributed by atoms with Gasteiger partial charge in [0, 0.05) is 6.54 Å². The normalized spacial score (nSPS) is 16.9. The fraction of sp³-hybridized carbons (Fsp3) is 0.526. The van der Waals surface area contributed by atoms with Gasteiger partial charge in [0.2, 0.25) is 5.91 Å². The molecule has 0 saturated carbocycles. The summed E-state index contributed by atoms with van der Waals surface area (Å²) >= 11 is 0. The summed E-state index contributed by atoms with van der Waals surface area (Å²) in [5.41, 5.74) is 0.258. The van der Waals surface area contributed by atoms with Gasteiger partial charge in [-0.2, -0.15) is 0 Å². The molecule has 7 heteroatoms. The lowest BCUT2D eigenvalue weighted by Crippen LogP contribution is -2.46. The van der Waals surface area contributed by atoms with E-state index in [1.807, 2.05) is 30.3 Å². The molecule has 1 aromatic carbocycles. The number of amides is 2. The van der Waals surface area contributed by atoms with E-state index in [1.54, 1.807) is 20.8 Å². The molecule has 7 nitrogen and oxygen atoms in total. The van der Waals surface area contributed by atoms with Crippen molar-refractivity contribution in [3.05, 3.63) is 35.9 Å². The van der Waals surface area contributed by atoms with Gasteiger partial charge in [-0.05, 0) is 39.2 Å². The number of alkyl carbamates (subject to hydrolysis) is 1. The van der Waals surface area contributed by atoms with E-state index in [0.29, 0.717) is 13.0 Å². The van der Waals surface area contributed by atoms with Crippen molar-refractivity contribution in [3.63, 3.8) is 0 Å². The Morgan fingerprint density at radius 2 is 1.88 bits per heavy atom. The summed E-state index contributed by atoms with van der Waals surface area (Å²) in [5.74, 6) is -0.744. The molecule has 1 heterocycles. The van der Waals surface area contributed by atoms with Crippen molar-refractivity contribution in [1.29, 1.82) is 0 Å². The van der Waals surface area contributed by atoms with Crippen LogP contribution in [0.15, 0.2) is 30.3 Å². The summed E-state index contributed by atoms with van der Waals surface area (Å²) in [5, 5.41) is 2.43. The quantitative estimate of drug-likeness (QED) is 0.812. The van der Waals surface area contributed by atoms with E-state index in [-0.39, 0.29) is 19.1 Å². The maximum absolute atomic E-state index is 12.4. The molecule has 142 valence electrons. The first-order chi connectivity index (χ1) is 12.3. The fourth-order valence-electron chi connectivity index (χ4n) is 2.70. The van der Waals surface area contributed by atoms with Crippen molar-refractivity contribution in [2.75, 3.05) is 13.1 Å². The van der Waals surface area contributed by atoms with E-state index in [2.05, 4.69) is 5.32 Å². The Kier molecular flexibility index (Phi) is 6.60. The maximum atomic E-state index is 12.4. The zero-order chi connectivity index (χ0) is 19.2. The molecule has 0 radical (unpaired) electrons. The predicted octanol–water partition coefficient (Wildman–Crippen LogP) is 2.25. The van der Waals surface area contributed by atoms with Crippen LogP contribution in [-0.2, 0) is 25.7 Å². The molecule has 1 aromatic rings. The highest BCUT2D eigenvalue weighted by atomic mass is 16.6. The van der Waals surface area contributed by atoms with Gasteiger partial charge >= 0.3 is 12.1 Å². The van der Waals surface area contributed by atoms with Crippen LogP contribution in [0.5, 0.6) is 0 Å². The van der Waals surface area contributed by atoms with Gasteiger partial charge in [0.05, 0.1) is 0 Å². The molecule has 0 spiro atoms. The standard InChI is InChI=1S/C19H26N2O5/c1-19(2,3)26-18(24)20-12-16(22)21-11-7-10-15(21)17(23)25-13-14-8-5-4-6-9-14/h4-6,8-9,15H,7,10-13H2,1-3H3,(H,20,24). The average molecular weight is 362 g/mol. The van der Waals surface area contributed by atoms with Crippen LogP contribution in [0.1, 0.15) is 39.2 Å². The molecule has 26 heavy (non-hydrogen) atoms. The van der Waals surface area contributed by atoms with E-state index in [9.17, 15) is 14.4 Å². The first-order valence-corrected chi connectivity index (χ1v) is 8.73. The Morgan fingerprint density at radius 3 is 2.54 bits per heavy atom. The Balaban J connectivity index is 1.83. The molecule has 1 N–H and O–H groups in total. The number of carbonyl (C=O) groups excluding carboxylic acids is 3. The molecule has 1 aliphatic heterocycles. The summed E-state index contributed by atoms with van der Waals surface area (Å²) in [4.78, 5) is 37.8. The van der Waals surface area contributed by atoms with Crippen molar-refractivity contribution < 1.29 is 23.9 Å². The summed E-state index contributed by atoms with van der Waals surface area (Å²) in [6, 6.07) is 8.77. The Labute approximate surface area is 153 Å². The molecular weight excluding hydrogens is 336 g/mol. The minimum absolute atomic E-state index is 0.175. The number of likely N-dealkylation sites (tertiary alicyclic amines) is 1. The van der Waals surface area contributed by atoms with Crippen molar-refractivity contribution in [2.24, 2.45) is 0 Å². The van der Waals surface area contributed by atoms with Crippen LogP contribution in [0.3, 0.4) is 0 Å². The van der Waals surface area contributed by atoms with Crippen molar-refractivity contribution in [1.82, 2.24) is 10.2 Å². The molecule has 0 aromatic heterocycles. The third kappa shape index (κ3) is 6.06. The first kappa shape index (κ1) is 19.8. The number of hydrogen-bond donors (Lipinski definition) is 1. The summed E-state index contributed by atoms with van der Waals surface area (Å²) < 4.78 is 10.4. The van der Waals surface area contributed by atoms with Gasteiger partial charge in [0.1, 0.15) is 24.8 Å². The molecule has 2 amide bonds. The lowest BCUT2D eigenvalue weighted by Gasteiger charge is -2.24. The smallest absolute Gasteiger partial charge is 0.408 e. The average Bonchev–Trinajstić information content (AvgIpc) is 3.07. The zero-order valence-corrected chi connectivity index (χ0v) is 15.5. The molecule has 2 rings (SSSR count). The third-order valence-electron chi connectivity index (χ3n) is 3.85. The molecule has 1 atom stereocenters. The van der Waals surface area contributed by atoms with E-state index >= 15 is 0 Å². The topological polar surface area (TPSA) is 84.9 Å². The Morgan fingerprint density at radius 1 is 1.19 bits per heavy atom. The third-order valence-corrected chi connectivity index (χ3v) is 3.85. The summed E-state index contributed by atoms with van der Waals surface area (Å²) in [6.07, 6.45) is 0.628. The number of carbonyl (C=O) groups is 3. The highest BCUT2D eigenvalue weighted by Crippen LogP contribution is 2.19. The van der Waals surface area contributed by atoms with E-state index < -0.39 is 23.7 Å². The SMILES string of the molecule is CC(C)(C)OC(=O)NCC(=O)N1CCCC1C(=O)OCc1ccccc1. The van der Waals surface area contributed by atoms with E-state index in [0.717, 1.165) is 12.0 Å². The van der Waals surface area contributed by atoms with Gasteiger partial charge in [-0.15, -0.1) is 0 Å². The summed E-state index contributed by atoms with van der Waals surface area (Å²) in [6.45, 7) is 5.67. The monoisotopic (exact) mass is 362 g/mol. The van der Waals surface area contributed by atoms with Crippen LogP contribution in [-0.4, -0.2) is 47.6 Å². The van der Waals surface area contributed by atoms with E-state index in [4.69, 9.17) is 9.47 Å². The van der Waals surface area contributed by atoms with Gasteiger partial charge in [-0.3, -0.25) is 4.79 Å². The number of ether oxygens (including phenoxy) is 2. The van der Waals surface area contributed by atoms with Gasteiger partial charge in [-0.25, -0.2) is 9.59 Å². The van der Waals surface area contributed by atoms with Gasteiger partial charge in [0.15, 0.2) is 0 Å². The predicted molar refractivity (Wildman–Crippen MR) is 95.2 cm³/mol. The van der Waals surface area contributed by atoms with Crippen LogP contribution in [0, 0.1) is 0 Å². The van der Waals surface area contributed by atoms with Gasteiger partial charge in [-0.1, -0.05) is 30.3 Å². The summed E-state index contributed by atoms with van der Waals surface area (Å²) in [7, 11) is 0. The van der Waals surface area contributed by atoms with Gasteiger partial charge in [0.25, 0.3) is 0 Å². The molecule has 0 aliphatic carbocycles. The Bertz CT molecular complexity index is 639. The van der Waals surface area contributed by atoms with Crippen LogP contribution in [0.4, 0.5) is 4.79 Å². The second-order valence-electron chi connectivity index (χ2n) is 7.19. The number of rotatable bonds is 5. The minimum Gasteiger partial charge on any atom is -0.459 e. The van der Waals surface area contributed by atoms with Crippen molar-refractivity contribution >= 4 is 18.0 Å². The first-order valence-electron chi connectivity index (χ1n) is 8.73. The molecule has 1 aliphatic rings. The number of benzene rings is 1. The molecule has 1 unspecified atom stereocenters. The van der Waals surface area contributed by atoms with Crippen LogP contribution in [0.25, 0.3) is 0 Å². The highest BCUT2D eigenvalue weighted by Gasteiger charge is 2.35. The van der Waals surface area contributed by atoms with Crippen LogP contribution in [0.2, 0.25) is 0 Å². The lowest BCUT2D eigenvalue weighted by molar-refractivity contribution is -0.154. The van der Waals surface area contributed by atoms with Crippen molar-refractivity contribution in [3.8, 4) is 0 Å². The zero-order valence-electron chi connectivity index (χ0n) is 15.5. The molecule has 0 bridgehead atoms. The maximum Gasteiger partial charge on any atom is 0.408 e. The highest BCUT2D eigenvalue weighted by molar-refractivity contribution is 5.87. The number of hydrogen-bond acceptors (Lipinski definition) is 5. The number of nitrogens with one attached hydrogen (secondary N) is 1. The minimum atomic E-state index is -0.659. The molecule has 1 fully saturated rings. The largest absolute Gasteiger partial charge is 0.459 e. The number of nitrogens with zero attached hydrogens (tertiary/aromatic N) is 1. The fourth-order valence-corrected chi connectivity index (χ4v) is 2.70. The molecular formula is C19H26N2O5.